The van der Waals surface area contributed by atoms with Crippen molar-refractivity contribution in [2.75, 3.05) is 51.8 Å². The van der Waals surface area contributed by atoms with E-state index in [2.05, 4.69) is 50.7 Å². The number of amides is 2. The number of hydrogen-bond acceptors (Lipinski definition) is 9. The van der Waals surface area contributed by atoms with Gasteiger partial charge in [-0.1, -0.05) is 48.5 Å². The topological polar surface area (TPSA) is 121 Å². The number of hydrogen-bond donors (Lipinski definition) is 1. The van der Waals surface area contributed by atoms with Crippen molar-refractivity contribution in [1.29, 1.82) is 0 Å². The SMILES string of the molecule is COc1ccc(C(CCCNS(=O)(=O)c2ccccn2)N2C(=O)c3cccc(N4CCN(C(C)c5ccccc5)CC4)c3C2=O)cc1OC. The van der Waals surface area contributed by atoms with Crippen LogP contribution in [0.5, 0.6) is 11.5 Å². The summed E-state index contributed by atoms with van der Waals surface area (Å²) in [6.07, 6.45) is 2.06. The molecule has 2 aliphatic rings. The first-order chi connectivity index (χ1) is 23.7. The summed E-state index contributed by atoms with van der Waals surface area (Å²) < 4.78 is 39.2. The Hall–Kier alpha value is -4.78. The maximum absolute atomic E-state index is 14.4. The Bertz CT molecular complexity index is 1900. The Balaban J connectivity index is 1.23. The summed E-state index contributed by atoms with van der Waals surface area (Å²) >= 11 is 0. The van der Waals surface area contributed by atoms with Gasteiger partial charge in [-0.15, -0.1) is 0 Å². The number of benzene rings is 3. The molecule has 2 atom stereocenters. The largest absolute Gasteiger partial charge is 0.493 e. The maximum atomic E-state index is 14.4. The molecule has 0 saturated carbocycles. The van der Waals surface area contributed by atoms with Gasteiger partial charge in [0.25, 0.3) is 21.8 Å². The van der Waals surface area contributed by atoms with Crippen LogP contribution in [0.15, 0.2) is 96.2 Å². The fourth-order valence-electron chi connectivity index (χ4n) is 6.71. The van der Waals surface area contributed by atoms with E-state index in [-0.39, 0.29) is 29.4 Å². The van der Waals surface area contributed by atoms with Gasteiger partial charge in [-0.25, -0.2) is 18.1 Å². The predicted octanol–water partition coefficient (Wildman–Crippen LogP) is 5.08. The number of piperazine rings is 1. The Morgan fingerprint density at radius 3 is 2.24 bits per heavy atom. The zero-order valence-electron chi connectivity index (χ0n) is 27.9. The van der Waals surface area contributed by atoms with Crippen LogP contribution in [0.25, 0.3) is 0 Å². The fraction of sp³-hybridized carbons (Fsp3) is 0.324. The molecule has 0 radical (unpaired) electrons. The number of sulfonamides is 1. The summed E-state index contributed by atoms with van der Waals surface area (Å²) in [5, 5.41) is -0.0744. The minimum Gasteiger partial charge on any atom is -0.493 e. The van der Waals surface area contributed by atoms with Crippen LogP contribution in [0.1, 0.15) is 63.7 Å². The first kappa shape index (κ1) is 34.1. The van der Waals surface area contributed by atoms with Crippen LogP contribution in [0.3, 0.4) is 0 Å². The van der Waals surface area contributed by atoms with E-state index >= 15 is 0 Å². The van der Waals surface area contributed by atoms with E-state index < -0.39 is 16.1 Å². The lowest BCUT2D eigenvalue weighted by molar-refractivity contribution is 0.0572. The van der Waals surface area contributed by atoms with Crippen molar-refractivity contribution in [3.63, 3.8) is 0 Å². The Kier molecular flexibility index (Phi) is 10.3. The molecule has 0 aliphatic carbocycles. The Labute approximate surface area is 287 Å². The number of carbonyl (C=O) groups excluding carboxylic acids is 2. The molecule has 2 aliphatic heterocycles. The van der Waals surface area contributed by atoms with E-state index in [9.17, 15) is 18.0 Å². The number of imide groups is 1. The van der Waals surface area contributed by atoms with Gasteiger partial charge in [0.15, 0.2) is 16.5 Å². The van der Waals surface area contributed by atoms with Crippen LogP contribution in [0.2, 0.25) is 0 Å². The molecule has 0 spiro atoms. The average molecular weight is 684 g/mol. The first-order valence-corrected chi connectivity index (χ1v) is 17.9. The van der Waals surface area contributed by atoms with E-state index in [1.54, 1.807) is 30.3 Å². The van der Waals surface area contributed by atoms with Crippen molar-refractivity contribution in [2.24, 2.45) is 0 Å². The van der Waals surface area contributed by atoms with Crippen molar-refractivity contribution in [3.8, 4) is 11.5 Å². The molecule has 3 heterocycles. The van der Waals surface area contributed by atoms with E-state index in [1.165, 1.54) is 36.9 Å². The maximum Gasteiger partial charge on any atom is 0.264 e. The molecule has 3 aromatic carbocycles. The predicted molar refractivity (Wildman–Crippen MR) is 187 cm³/mol. The average Bonchev–Trinajstić information content (AvgIpc) is 3.40. The van der Waals surface area contributed by atoms with Gasteiger partial charge >= 0.3 is 0 Å². The highest BCUT2D eigenvalue weighted by molar-refractivity contribution is 7.89. The normalized spacial score (nSPS) is 16.4. The van der Waals surface area contributed by atoms with E-state index in [0.29, 0.717) is 54.1 Å². The molecule has 6 rings (SSSR count). The lowest BCUT2D eigenvalue weighted by Gasteiger charge is -2.39. The number of rotatable bonds is 13. The number of ether oxygens (including phenoxy) is 2. The number of anilines is 1. The van der Waals surface area contributed by atoms with Crippen molar-refractivity contribution in [2.45, 2.75) is 36.9 Å². The van der Waals surface area contributed by atoms with Gasteiger partial charge in [0, 0.05) is 45.0 Å². The second-order valence-electron chi connectivity index (χ2n) is 12.1. The van der Waals surface area contributed by atoms with Crippen LogP contribution in [0, 0.1) is 0 Å². The monoisotopic (exact) mass is 683 g/mol. The lowest BCUT2D eigenvalue weighted by atomic mass is 9.99. The molecule has 11 nitrogen and oxygen atoms in total. The summed E-state index contributed by atoms with van der Waals surface area (Å²) in [7, 11) is -0.761. The highest BCUT2D eigenvalue weighted by Gasteiger charge is 2.43. The van der Waals surface area contributed by atoms with Gasteiger partial charge in [0.05, 0.1) is 37.1 Å². The van der Waals surface area contributed by atoms with Gasteiger partial charge in [-0.05, 0) is 67.3 Å². The van der Waals surface area contributed by atoms with Crippen LogP contribution < -0.4 is 19.1 Å². The number of nitrogens with zero attached hydrogens (tertiary/aromatic N) is 4. The number of fused-ring (bicyclic) bond motifs is 1. The van der Waals surface area contributed by atoms with Crippen molar-refractivity contribution in [1.82, 2.24) is 19.5 Å². The van der Waals surface area contributed by atoms with Gasteiger partial charge in [-0.2, -0.15) is 0 Å². The molecule has 12 heteroatoms. The summed E-state index contributed by atoms with van der Waals surface area (Å²) in [4.78, 5) is 38.4. The first-order valence-electron chi connectivity index (χ1n) is 16.4. The van der Waals surface area contributed by atoms with Gasteiger partial charge in [0.2, 0.25) is 0 Å². The second kappa shape index (κ2) is 14.8. The molecular formula is C37H41N5O6S. The van der Waals surface area contributed by atoms with Gasteiger partial charge < -0.3 is 14.4 Å². The Morgan fingerprint density at radius 1 is 0.816 bits per heavy atom. The Morgan fingerprint density at radius 2 is 1.55 bits per heavy atom. The van der Waals surface area contributed by atoms with Crippen LogP contribution in [-0.4, -0.2) is 82.0 Å². The molecule has 1 saturated heterocycles. The third-order valence-electron chi connectivity index (χ3n) is 9.37. The number of carbonyl (C=O) groups is 2. The highest BCUT2D eigenvalue weighted by Crippen LogP contribution is 2.40. The van der Waals surface area contributed by atoms with Crippen LogP contribution >= 0.6 is 0 Å². The molecule has 2 amide bonds. The minimum absolute atomic E-state index is 0.0744. The summed E-state index contributed by atoms with van der Waals surface area (Å²) in [5.41, 5.74) is 3.45. The lowest BCUT2D eigenvalue weighted by Crippen LogP contribution is -2.47. The minimum atomic E-state index is -3.82. The smallest absolute Gasteiger partial charge is 0.264 e. The van der Waals surface area contributed by atoms with Gasteiger partial charge in [-0.3, -0.25) is 19.4 Å². The number of methoxy groups -OCH3 is 2. The summed E-state index contributed by atoms with van der Waals surface area (Å²) in [6.45, 7) is 5.35. The molecule has 0 bridgehead atoms. The third-order valence-corrected chi connectivity index (χ3v) is 10.7. The zero-order valence-corrected chi connectivity index (χ0v) is 28.7. The quantitative estimate of drug-likeness (QED) is 0.152. The fourth-order valence-corrected chi connectivity index (χ4v) is 7.73. The van der Waals surface area contributed by atoms with Crippen molar-refractivity contribution in [3.05, 3.63) is 113 Å². The number of aromatic nitrogens is 1. The van der Waals surface area contributed by atoms with Crippen LogP contribution in [-0.2, 0) is 10.0 Å². The molecule has 1 aromatic heterocycles. The molecule has 1 N–H and O–H groups in total. The van der Waals surface area contributed by atoms with E-state index in [0.717, 1.165) is 18.8 Å². The molecular weight excluding hydrogens is 643 g/mol. The standard InChI is InChI=1S/C37H41N5O6S/c1-26(27-11-5-4-6-12-27)40-21-23-41(24-22-40)31-14-9-13-29-35(31)37(44)42(36(29)43)30(28-17-18-32(47-2)33(25-28)48-3)15-10-20-39-49(45,46)34-16-7-8-19-38-34/h4-9,11-14,16-19,25-26,30,39H,10,15,20-24H2,1-3H3. The molecule has 1 fully saturated rings. The van der Waals surface area contributed by atoms with Crippen LogP contribution in [0.4, 0.5) is 5.69 Å². The molecule has 2 unspecified atom stereocenters. The van der Waals surface area contributed by atoms with E-state index in [1.807, 2.05) is 24.3 Å². The van der Waals surface area contributed by atoms with E-state index in [4.69, 9.17) is 9.47 Å². The molecule has 256 valence electrons. The molecule has 4 aromatic rings. The third kappa shape index (κ3) is 7.03. The second-order valence-corrected chi connectivity index (χ2v) is 13.8. The summed E-state index contributed by atoms with van der Waals surface area (Å²) in [6, 6.07) is 25.4. The number of nitrogens with one attached hydrogen (secondary N) is 1. The zero-order chi connectivity index (χ0) is 34.5. The van der Waals surface area contributed by atoms with Crippen molar-refractivity contribution < 1.29 is 27.5 Å². The molecule has 49 heavy (non-hydrogen) atoms. The number of pyridine rings is 1. The summed E-state index contributed by atoms with van der Waals surface area (Å²) in [5.74, 6) is 0.218. The highest BCUT2D eigenvalue weighted by atomic mass is 32.2. The van der Waals surface area contributed by atoms with Gasteiger partial charge in [0.1, 0.15) is 0 Å². The van der Waals surface area contributed by atoms with Crippen molar-refractivity contribution >= 4 is 27.5 Å².